The molecule has 2 heterocycles. The molecule has 1 saturated carbocycles. The predicted molar refractivity (Wildman–Crippen MR) is 102 cm³/mol. The summed E-state index contributed by atoms with van der Waals surface area (Å²) < 4.78 is 2.31. The Hall–Kier alpha value is -2.14. The second-order valence-electron chi connectivity index (χ2n) is 6.83. The van der Waals surface area contributed by atoms with Gasteiger partial charge in [0.15, 0.2) is 11.0 Å². The molecule has 0 atom stereocenters. The maximum Gasteiger partial charge on any atom is 0.192 e. The van der Waals surface area contributed by atoms with Gasteiger partial charge in [0, 0.05) is 29.8 Å². The SMILES string of the molecule is CC(C)c1ccc(CSc2nnc(-c3ccncc3)n2C2CC2)cc1. The Balaban J connectivity index is 1.54. The molecule has 0 aliphatic heterocycles. The molecule has 5 heteroatoms. The molecule has 0 amide bonds. The van der Waals surface area contributed by atoms with Crippen molar-refractivity contribution in [3.05, 3.63) is 59.9 Å². The lowest BCUT2D eigenvalue weighted by Crippen LogP contribution is -2.00. The molecule has 0 saturated heterocycles. The Morgan fingerprint density at radius 3 is 2.40 bits per heavy atom. The molecule has 0 N–H and O–H groups in total. The van der Waals surface area contributed by atoms with Gasteiger partial charge in [0.1, 0.15) is 0 Å². The summed E-state index contributed by atoms with van der Waals surface area (Å²) in [5, 5.41) is 9.95. The van der Waals surface area contributed by atoms with Crippen LogP contribution in [0.5, 0.6) is 0 Å². The second kappa shape index (κ2) is 7.00. The molecule has 0 radical (unpaired) electrons. The summed E-state index contributed by atoms with van der Waals surface area (Å²) in [6.45, 7) is 4.45. The van der Waals surface area contributed by atoms with Crippen molar-refractivity contribution in [2.45, 2.75) is 49.6 Å². The van der Waals surface area contributed by atoms with Gasteiger partial charge < -0.3 is 0 Å². The molecule has 1 aliphatic carbocycles. The van der Waals surface area contributed by atoms with E-state index in [1.807, 2.05) is 24.5 Å². The zero-order valence-electron chi connectivity index (χ0n) is 14.6. The van der Waals surface area contributed by atoms with Crippen molar-refractivity contribution in [1.82, 2.24) is 19.7 Å². The van der Waals surface area contributed by atoms with Crippen molar-refractivity contribution in [3.63, 3.8) is 0 Å². The highest BCUT2D eigenvalue weighted by molar-refractivity contribution is 7.98. The number of aromatic nitrogens is 4. The highest BCUT2D eigenvalue weighted by Crippen LogP contribution is 2.41. The molecular weight excluding hydrogens is 328 g/mol. The van der Waals surface area contributed by atoms with Gasteiger partial charge in [-0.1, -0.05) is 49.9 Å². The molecule has 128 valence electrons. The fourth-order valence-electron chi connectivity index (χ4n) is 2.88. The Morgan fingerprint density at radius 1 is 1.04 bits per heavy atom. The monoisotopic (exact) mass is 350 g/mol. The second-order valence-corrected chi connectivity index (χ2v) is 7.77. The third-order valence-electron chi connectivity index (χ3n) is 4.53. The summed E-state index contributed by atoms with van der Waals surface area (Å²) in [5.74, 6) is 2.45. The van der Waals surface area contributed by atoms with E-state index in [1.54, 1.807) is 11.8 Å². The van der Waals surface area contributed by atoms with Crippen molar-refractivity contribution < 1.29 is 0 Å². The number of thioether (sulfide) groups is 1. The van der Waals surface area contributed by atoms with Gasteiger partial charge in [-0.15, -0.1) is 10.2 Å². The lowest BCUT2D eigenvalue weighted by Gasteiger charge is -2.09. The third-order valence-corrected chi connectivity index (χ3v) is 5.54. The molecule has 1 aliphatic rings. The normalized spacial score (nSPS) is 14.2. The Bertz CT molecular complexity index is 836. The maximum atomic E-state index is 4.47. The van der Waals surface area contributed by atoms with Gasteiger partial charge in [-0.2, -0.15) is 0 Å². The highest BCUT2D eigenvalue weighted by Gasteiger charge is 2.30. The molecule has 0 unspecified atom stereocenters. The average molecular weight is 350 g/mol. The van der Waals surface area contributed by atoms with Crippen molar-refractivity contribution in [3.8, 4) is 11.4 Å². The standard InChI is InChI=1S/C20H22N4S/c1-14(2)16-5-3-15(4-6-16)13-25-20-23-22-19(24(20)18-7-8-18)17-9-11-21-12-10-17/h3-6,9-12,14,18H,7-8,13H2,1-2H3. The zero-order valence-corrected chi connectivity index (χ0v) is 15.4. The fourth-order valence-corrected chi connectivity index (χ4v) is 3.84. The van der Waals surface area contributed by atoms with Gasteiger partial charge in [-0.3, -0.25) is 9.55 Å². The molecular formula is C20H22N4S. The van der Waals surface area contributed by atoms with E-state index in [0.29, 0.717) is 12.0 Å². The van der Waals surface area contributed by atoms with Crippen LogP contribution < -0.4 is 0 Å². The quantitative estimate of drug-likeness (QED) is 0.581. The Labute approximate surface area is 152 Å². The summed E-state index contributed by atoms with van der Waals surface area (Å²) in [5.41, 5.74) is 3.79. The minimum Gasteiger partial charge on any atom is -0.299 e. The van der Waals surface area contributed by atoms with E-state index in [0.717, 1.165) is 22.3 Å². The topological polar surface area (TPSA) is 43.6 Å². The van der Waals surface area contributed by atoms with E-state index in [2.05, 4.69) is 57.9 Å². The van der Waals surface area contributed by atoms with Crippen LogP contribution in [0.4, 0.5) is 0 Å². The van der Waals surface area contributed by atoms with E-state index < -0.39 is 0 Å². The lowest BCUT2D eigenvalue weighted by atomic mass is 10.0. The van der Waals surface area contributed by atoms with Crippen LogP contribution in [0.3, 0.4) is 0 Å². The number of rotatable bonds is 6. The summed E-state index contributed by atoms with van der Waals surface area (Å²) in [4.78, 5) is 4.10. The van der Waals surface area contributed by atoms with Crippen molar-refractivity contribution in [1.29, 1.82) is 0 Å². The largest absolute Gasteiger partial charge is 0.299 e. The third kappa shape index (κ3) is 3.61. The molecule has 1 fully saturated rings. The first-order valence-electron chi connectivity index (χ1n) is 8.79. The van der Waals surface area contributed by atoms with E-state index in [1.165, 1.54) is 24.0 Å². The number of benzene rings is 1. The highest BCUT2D eigenvalue weighted by atomic mass is 32.2. The lowest BCUT2D eigenvalue weighted by molar-refractivity contribution is 0.669. The number of hydrogen-bond acceptors (Lipinski definition) is 4. The zero-order chi connectivity index (χ0) is 17.2. The van der Waals surface area contributed by atoms with Crippen LogP contribution in [0.25, 0.3) is 11.4 Å². The van der Waals surface area contributed by atoms with Gasteiger partial charge in [-0.25, -0.2) is 0 Å². The van der Waals surface area contributed by atoms with Crippen LogP contribution in [0, 0.1) is 0 Å². The summed E-state index contributed by atoms with van der Waals surface area (Å²) in [6, 6.07) is 13.5. The fraction of sp³-hybridized carbons (Fsp3) is 0.350. The van der Waals surface area contributed by atoms with Crippen LogP contribution in [0.2, 0.25) is 0 Å². The molecule has 4 rings (SSSR count). The maximum absolute atomic E-state index is 4.47. The van der Waals surface area contributed by atoms with Crippen LogP contribution >= 0.6 is 11.8 Å². The molecule has 0 spiro atoms. The first-order chi connectivity index (χ1) is 12.2. The summed E-state index contributed by atoms with van der Waals surface area (Å²) >= 11 is 1.77. The number of hydrogen-bond donors (Lipinski definition) is 0. The van der Waals surface area contributed by atoms with Gasteiger partial charge in [0.2, 0.25) is 0 Å². The van der Waals surface area contributed by atoms with E-state index in [-0.39, 0.29) is 0 Å². The molecule has 2 aromatic heterocycles. The summed E-state index contributed by atoms with van der Waals surface area (Å²) in [7, 11) is 0. The molecule has 25 heavy (non-hydrogen) atoms. The minimum atomic E-state index is 0.545. The Kier molecular flexibility index (Phi) is 4.57. The van der Waals surface area contributed by atoms with E-state index in [9.17, 15) is 0 Å². The number of pyridine rings is 1. The van der Waals surface area contributed by atoms with Crippen molar-refractivity contribution in [2.24, 2.45) is 0 Å². The van der Waals surface area contributed by atoms with Gasteiger partial charge in [-0.05, 0) is 42.0 Å². The van der Waals surface area contributed by atoms with Gasteiger partial charge >= 0.3 is 0 Å². The Morgan fingerprint density at radius 2 is 1.76 bits per heavy atom. The minimum absolute atomic E-state index is 0.545. The van der Waals surface area contributed by atoms with Crippen molar-refractivity contribution in [2.75, 3.05) is 0 Å². The summed E-state index contributed by atoms with van der Waals surface area (Å²) in [6.07, 6.45) is 6.05. The number of nitrogens with zero attached hydrogens (tertiary/aromatic N) is 4. The van der Waals surface area contributed by atoms with Crippen LogP contribution in [0.1, 0.15) is 49.8 Å². The predicted octanol–water partition coefficient (Wildman–Crippen LogP) is 5.09. The van der Waals surface area contributed by atoms with E-state index >= 15 is 0 Å². The first-order valence-corrected chi connectivity index (χ1v) is 9.78. The van der Waals surface area contributed by atoms with E-state index in [4.69, 9.17) is 0 Å². The van der Waals surface area contributed by atoms with Gasteiger partial charge in [0.25, 0.3) is 0 Å². The van der Waals surface area contributed by atoms with Gasteiger partial charge in [0.05, 0.1) is 0 Å². The van der Waals surface area contributed by atoms with Crippen LogP contribution in [-0.4, -0.2) is 19.7 Å². The average Bonchev–Trinajstić information content (AvgIpc) is 3.40. The van der Waals surface area contributed by atoms with Crippen LogP contribution in [0.15, 0.2) is 53.9 Å². The van der Waals surface area contributed by atoms with Crippen molar-refractivity contribution >= 4 is 11.8 Å². The molecule has 1 aromatic carbocycles. The van der Waals surface area contributed by atoms with Crippen LogP contribution in [-0.2, 0) is 5.75 Å². The molecule has 0 bridgehead atoms. The first kappa shape index (κ1) is 16.3. The molecule has 3 aromatic rings. The smallest absolute Gasteiger partial charge is 0.192 e. The molecule has 4 nitrogen and oxygen atoms in total.